The highest BCUT2D eigenvalue weighted by atomic mass is 16.5. The number of piperazine rings is 1. The SMILES string of the molecule is CC(C)[C@H](C)COC[C@H](O)CN1CCN(C(C)(C)C)CC1. The summed E-state index contributed by atoms with van der Waals surface area (Å²) in [5, 5.41) is 10.1. The molecule has 0 aromatic rings. The molecule has 1 aliphatic rings. The maximum absolute atomic E-state index is 10.1. The second-order valence-corrected chi connectivity index (χ2v) is 7.87. The third-order valence-electron chi connectivity index (χ3n) is 4.62. The van der Waals surface area contributed by atoms with Gasteiger partial charge in [0.15, 0.2) is 0 Å². The molecule has 4 nitrogen and oxygen atoms in total. The molecule has 2 atom stereocenters. The first-order chi connectivity index (χ1) is 9.70. The topological polar surface area (TPSA) is 35.9 Å². The van der Waals surface area contributed by atoms with Crippen molar-refractivity contribution in [2.24, 2.45) is 11.8 Å². The summed E-state index contributed by atoms with van der Waals surface area (Å²) in [6.07, 6.45) is -0.370. The number of β-amino-alcohol motifs (C(OH)–C–C–N with tert-alkyl or cyclic N) is 1. The van der Waals surface area contributed by atoms with Crippen LogP contribution in [0.2, 0.25) is 0 Å². The van der Waals surface area contributed by atoms with Crippen LogP contribution in [0.3, 0.4) is 0 Å². The molecule has 1 N–H and O–H groups in total. The Labute approximate surface area is 131 Å². The predicted molar refractivity (Wildman–Crippen MR) is 88.6 cm³/mol. The number of ether oxygens (including phenoxy) is 1. The molecule has 1 aliphatic heterocycles. The number of hydrogen-bond donors (Lipinski definition) is 1. The average molecular weight is 300 g/mol. The van der Waals surface area contributed by atoms with E-state index < -0.39 is 0 Å². The van der Waals surface area contributed by atoms with Crippen LogP contribution in [-0.4, -0.2) is 72.5 Å². The van der Waals surface area contributed by atoms with Gasteiger partial charge in [0.1, 0.15) is 0 Å². The van der Waals surface area contributed by atoms with E-state index in [9.17, 15) is 5.11 Å². The van der Waals surface area contributed by atoms with Crippen LogP contribution in [0.1, 0.15) is 41.5 Å². The van der Waals surface area contributed by atoms with Crippen molar-refractivity contribution in [2.45, 2.75) is 53.2 Å². The molecule has 0 spiro atoms. The van der Waals surface area contributed by atoms with Gasteiger partial charge in [0, 0.05) is 44.9 Å². The molecule has 0 aromatic heterocycles. The fraction of sp³-hybridized carbons (Fsp3) is 1.00. The standard InChI is InChI=1S/C17H36N2O2/c1-14(2)15(3)12-21-13-16(20)11-18-7-9-19(10-8-18)17(4,5)6/h14-16,20H,7-13H2,1-6H3/t15-,16-/m1/s1. The predicted octanol–water partition coefficient (Wildman–Crippen LogP) is 2.07. The molecule has 1 rings (SSSR count). The number of hydrogen-bond acceptors (Lipinski definition) is 4. The van der Waals surface area contributed by atoms with E-state index in [0.29, 0.717) is 18.4 Å². The lowest BCUT2D eigenvalue weighted by Crippen LogP contribution is -2.54. The van der Waals surface area contributed by atoms with Gasteiger partial charge in [-0.25, -0.2) is 0 Å². The zero-order chi connectivity index (χ0) is 16.0. The summed E-state index contributed by atoms with van der Waals surface area (Å²) in [4.78, 5) is 4.86. The quantitative estimate of drug-likeness (QED) is 0.781. The Morgan fingerprint density at radius 2 is 1.57 bits per heavy atom. The van der Waals surface area contributed by atoms with Crippen LogP contribution in [-0.2, 0) is 4.74 Å². The Morgan fingerprint density at radius 3 is 2.05 bits per heavy atom. The average Bonchev–Trinajstić information content (AvgIpc) is 2.38. The second-order valence-electron chi connectivity index (χ2n) is 7.87. The van der Waals surface area contributed by atoms with E-state index in [1.807, 2.05) is 0 Å². The van der Waals surface area contributed by atoms with Gasteiger partial charge in [-0.05, 0) is 32.6 Å². The molecule has 0 aliphatic carbocycles. The molecule has 1 heterocycles. The normalized spacial score (nSPS) is 21.7. The Bertz CT molecular complexity index is 281. The minimum Gasteiger partial charge on any atom is -0.389 e. The van der Waals surface area contributed by atoms with E-state index in [2.05, 4.69) is 51.3 Å². The lowest BCUT2D eigenvalue weighted by Gasteiger charge is -2.42. The molecule has 0 aromatic carbocycles. The Morgan fingerprint density at radius 1 is 1.00 bits per heavy atom. The van der Waals surface area contributed by atoms with Gasteiger partial charge in [-0.3, -0.25) is 9.80 Å². The lowest BCUT2D eigenvalue weighted by atomic mass is 9.99. The highest BCUT2D eigenvalue weighted by Gasteiger charge is 2.26. The minimum absolute atomic E-state index is 0.251. The van der Waals surface area contributed by atoms with Crippen molar-refractivity contribution in [1.29, 1.82) is 0 Å². The van der Waals surface area contributed by atoms with Crippen LogP contribution in [0.4, 0.5) is 0 Å². The smallest absolute Gasteiger partial charge is 0.0900 e. The molecule has 0 saturated carbocycles. The van der Waals surface area contributed by atoms with Crippen molar-refractivity contribution in [3.8, 4) is 0 Å². The number of aliphatic hydroxyl groups is 1. The van der Waals surface area contributed by atoms with Crippen LogP contribution < -0.4 is 0 Å². The highest BCUT2D eigenvalue weighted by Crippen LogP contribution is 2.16. The van der Waals surface area contributed by atoms with E-state index in [1.54, 1.807) is 0 Å². The zero-order valence-corrected chi connectivity index (χ0v) is 14.9. The van der Waals surface area contributed by atoms with Gasteiger partial charge in [-0.15, -0.1) is 0 Å². The molecule has 0 amide bonds. The number of nitrogens with zero attached hydrogens (tertiary/aromatic N) is 2. The van der Waals surface area contributed by atoms with Crippen molar-refractivity contribution in [1.82, 2.24) is 9.80 Å². The van der Waals surface area contributed by atoms with E-state index in [-0.39, 0.29) is 11.6 Å². The van der Waals surface area contributed by atoms with Crippen molar-refractivity contribution >= 4 is 0 Å². The van der Waals surface area contributed by atoms with Crippen LogP contribution in [0.25, 0.3) is 0 Å². The second kappa shape index (κ2) is 8.47. The molecule has 1 saturated heterocycles. The summed E-state index contributed by atoms with van der Waals surface area (Å²) in [6.45, 7) is 19.6. The Balaban J connectivity index is 2.17. The van der Waals surface area contributed by atoms with E-state index in [1.165, 1.54) is 0 Å². The highest BCUT2D eigenvalue weighted by molar-refractivity contribution is 4.82. The third-order valence-corrected chi connectivity index (χ3v) is 4.62. The largest absolute Gasteiger partial charge is 0.389 e. The van der Waals surface area contributed by atoms with Gasteiger partial charge in [0.05, 0.1) is 12.7 Å². The Kier molecular flexibility index (Phi) is 7.62. The van der Waals surface area contributed by atoms with Crippen LogP contribution >= 0.6 is 0 Å². The first-order valence-electron chi connectivity index (χ1n) is 8.43. The van der Waals surface area contributed by atoms with Gasteiger partial charge >= 0.3 is 0 Å². The maximum atomic E-state index is 10.1. The monoisotopic (exact) mass is 300 g/mol. The van der Waals surface area contributed by atoms with E-state index in [0.717, 1.165) is 39.3 Å². The van der Waals surface area contributed by atoms with Gasteiger partial charge < -0.3 is 9.84 Å². The summed E-state index contributed by atoms with van der Waals surface area (Å²) in [7, 11) is 0. The fourth-order valence-electron chi connectivity index (χ4n) is 2.53. The summed E-state index contributed by atoms with van der Waals surface area (Å²) in [6, 6.07) is 0. The van der Waals surface area contributed by atoms with Gasteiger partial charge in [-0.2, -0.15) is 0 Å². The van der Waals surface area contributed by atoms with Crippen LogP contribution in [0, 0.1) is 11.8 Å². The maximum Gasteiger partial charge on any atom is 0.0900 e. The fourth-order valence-corrected chi connectivity index (χ4v) is 2.53. The summed E-state index contributed by atoms with van der Waals surface area (Å²) >= 11 is 0. The molecule has 1 fully saturated rings. The van der Waals surface area contributed by atoms with Crippen molar-refractivity contribution < 1.29 is 9.84 Å². The molecular formula is C17H36N2O2. The summed E-state index contributed by atoms with van der Waals surface area (Å²) in [5.41, 5.74) is 0.251. The van der Waals surface area contributed by atoms with Crippen LogP contribution in [0.5, 0.6) is 0 Å². The van der Waals surface area contributed by atoms with Crippen molar-refractivity contribution in [3.63, 3.8) is 0 Å². The third kappa shape index (κ3) is 7.09. The van der Waals surface area contributed by atoms with Gasteiger partial charge in [0.25, 0.3) is 0 Å². The van der Waals surface area contributed by atoms with E-state index in [4.69, 9.17) is 4.74 Å². The van der Waals surface area contributed by atoms with Crippen molar-refractivity contribution in [2.75, 3.05) is 45.9 Å². The molecule has 4 heteroatoms. The summed E-state index contributed by atoms with van der Waals surface area (Å²) < 4.78 is 5.65. The molecule has 0 bridgehead atoms. The molecule has 0 unspecified atom stereocenters. The van der Waals surface area contributed by atoms with Gasteiger partial charge in [-0.1, -0.05) is 20.8 Å². The number of rotatable bonds is 7. The summed E-state index contributed by atoms with van der Waals surface area (Å²) in [5.74, 6) is 1.18. The molecular weight excluding hydrogens is 264 g/mol. The lowest BCUT2D eigenvalue weighted by molar-refractivity contribution is -0.0121. The minimum atomic E-state index is -0.370. The molecule has 0 radical (unpaired) electrons. The van der Waals surface area contributed by atoms with Crippen molar-refractivity contribution in [3.05, 3.63) is 0 Å². The molecule has 21 heavy (non-hydrogen) atoms. The first-order valence-corrected chi connectivity index (χ1v) is 8.43. The number of aliphatic hydroxyl groups excluding tert-OH is 1. The van der Waals surface area contributed by atoms with E-state index >= 15 is 0 Å². The molecule has 126 valence electrons. The van der Waals surface area contributed by atoms with Crippen LogP contribution in [0.15, 0.2) is 0 Å². The zero-order valence-electron chi connectivity index (χ0n) is 14.9. The van der Waals surface area contributed by atoms with Gasteiger partial charge in [0.2, 0.25) is 0 Å². The Hall–Kier alpha value is -0.160. The first kappa shape index (κ1) is 18.9.